The van der Waals surface area contributed by atoms with Crippen LogP contribution in [0.5, 0.6) is 0 Å². The first-order valence-electron chi connectivity index (χ1n) is 8.76. The van der Waals surface area contributed by atoms with Gasteiger partial charge in [-0.3, -0.25) is 14.9 Å². The number of amides is 1. The van der Waals surface area contributed by atoms with Crippen molar-refractivity contribution >= 4 is 34.5 Å². The highest BCUT2D eigenvalue weighted by molar-refractivity contribution is 6.32. The van der Waals surface area contributed by atoms with Gasteiger partial charge in [0.15, 0.2) is 0 Å². The Balaban J connectivity index is 1.76. The third-order valence-electron chi connectivity index (χ3n) is 4.52. The van der Waals surface area contributed by atoms with Crippen molar-refractivity contribution in [3.8, 4) is 0 Å². The van der Waals surface area contributed by atoms with E-state index in [0.717, 1.165) is 11.3 Å². The topological polar surface area (TPSA) is 80.8 Å². The smallest absolute Gasteiger partial charge is 0.288 e. The number of pyridine rings is 1. The fourth-order valence-electron chi connectivity index (χ4n) is 3.09. The molecule has 0 fully saturated rings. The fraction of sp³-hybridized carbons (Fsp3) is 0.0476. The maximum atomic E-state index is 13.3. The Bertz CT molecular complexity index is 1210. The van der Waals surface area contributed by atoms with Crippen LogP contribution in [0, 0.1) is 10.1 Å². The van der Waals surface area contributed by atoms with Crippen LogP contribution in [0.2, 0.25) is 5.02 Å². The molecular weight excluding hydrogens is 392 g/mol. The lowest BCUT2D eigenvalue weighted by molar-refractivity contribution is -0.384. The molecule has 8 heteroatoms. The van der Waals surface area contributed by atoms with Crippen LogP contribution in [-0.4, -0.2) is 20.2 Å². The molecule has 7 nitrogen and oxygen atoms in total. The first-order valence-corrected chi connectivity index (χ1v) is 9.14. The molecule has 4 rings (SSSR count). The molecule has 0 aliphatic rings. The van der Waals surface area contributed by atoms with E-state index in [-0.39, 0.29) is 28.7 Å². The Morgan fingerprint density at radius 3 is 2.62 bits per heavy atom. The Labute approximate surface area is 170 Å². The van der Waals surface area contributed by atoms with Crippen molar-refractivity contribution in [3.63, 3.8) is 0 Å². The van der Waals surface area contributed by atoms with Crippen LogP contribution in [0.1, 0.15) is 16.1 Å². The molecule has 0 bridgehead atoms. The van der Waals surface area contributed by atoms with Crippen LogP contribution in [0.15, 0.2) is 79.1 Å². The number of carbonyl (C=O) groups excluding carboxylic acids is 1. The van der Waals surface area contributed by atoms with Crippen molar-refractivity contribution in [2.45, 2.75) is 6.54 Å². The minimum atomic E-state index is -0.601. The molecule has 0 radical (unpaired) electrons. The van der Waals surface area contributed by atoms with E-state index in [0.29, 0.717) is 5.69 Å². The zero-order valence-electron chi connectivity index (χ0n) is 15.1. The number of benzene rings is 2. The molecule has 0 saturated heterocycles. The van der Waals surface area contributed by atoms with Crippen molar-refractivity contribution in [2.75, 3.05) is 4.90 Å². The average Bonchev–Trinajstić information content (AvgIpc) is 3.15. The lowest BCUT2D eigenvalue weighted by Gasteiger charge is -2.23. The summed E-state index contributed by atoms with van der Waals surface area (Å²) in [6.45, 7) is 0.241. The molecule has 0 spiro atoms. The number of nitrogens with zero attached hydrogens (tertiary/aromatic N) is 4. The van der Waals surface area contributed by atoms with Gasteiger partial charge in [-0.2, -0.15) is 0 Å². The first-order chi connectivity index (χ1) is 14.0. The van der Waals surface area contributed by atoms with E-state index in [1.165, 1.54) is 18.2 Å². The molecule has 0 unspecified atom stereocenters. The molecule has 2 aromatic carbocycles. The van der Waals surface area contributed by atoms with Crippen molar-refractivity contribution in [1.29, 1.82) is 0 Å². The summed E-state index contributed by atoms with van der Waals surface area (Å²) >= 11 is 5.89. The number of aromatic nitrogens is 2. The van der Waals surface area contributed by atoms with E-state index in [1.54, 1.807) is 11.1 Å². The third-order valence-corrected chi connectivity index (χ3v) is 4.84. The zero-order chi connectivity index (χ0) is 20.4. The van der Waals surface area contributed by atoms with E-state index in [4.69, 9.17) is 11.6 Å². The van der Waals surface area contributed by atoms with Crippen molar-refractivity contribution in [1.82, 2.24) is 9.38 Å². The lowest BCUT2D eigenvalue weighted by atomic mass is 10.1. The van der Waals surface area contributed by atoms with Crippen LogP contribution < -0.4 is 4.90 Å². The van der Waals surface area contributed by atoms with Crippen molar-refractivity contribution in [3.05, 3.63) is 106 Å². The summed E-state index contributed by atoms with van der Waals surface area (Å²) in [5.74, 6) is -0.373. The molecule has 29 heavy (non-hydrogen) atoms. The first kappa shape index (κ1) is 18.6. The van der Waals surface area contributed by atoms with E-state index >= 15 is 0 Å². The van der Waals surface area contributed by atoms with Gasteiger partial charge in [0.05, 0.1) is 23.4 Å². The number of nitro benzene ring substituents is 1. The quantitative estimate of drug-likeness (QED) is 0.354. The van der Waals surface area contributed by atoms with Crippen LogP contribution in [0.3, 0.4) is 0 Å². The highest BCUT2D eigenvalue weighted by atomic mass is 35.5. The standard InChI is InChI=1S/C21H15ClN4O3/c22-18-10-9-15(12-19(18)26(28)29)21(27)25(16-6-2-1-3-7-16)14-17-13-23-20-8-4-5-11-24(17)20/h1-13H,14H2. The predicted molar refractivity (Wildman–Crippen MR) is 110 cm³/mol. The maximum Gasteiger partial charge on any atom is 0.288 e. The van der Waals surface area contributed by atoms with E-state index in [1.807, 2.05) is 59.1 Å². The minimum absolute atomic E-state index is 0.0143. The van der Waals surface area contributed by atoms with Gasteiger partial charge >= 0.3 is 0 Å². The van der Waals surface area contributed by atoms with Crippen LogP contribution in [0.25, 0.3) is 5.65 Å². The number of halogens is 1. The molecule has 0 saturated carbocycles. The monoisotopic (exact) mass is 406 g/mol. The van der Waals surface area contributed by atoms with Gasteiger partial charge in [-0.15, -0.1) is 0 Å². The number of hydrogen-bond acceptors (Lipinski definition) is 4. The summed E-state index contributed by atoms with van der Waals surface area (Å²) in [4.78, 5) is 29.9. The third kappa shape index (κ3) is 3.68. The summed E-state index contributed by atoms with van der Waals surface area (Å²) in [6, 6.07) is 18.8. The molecule has 1 amide bonds. The molecule has 2 aromatic heterocycles. The highest BCUT2D eigenvalue weighted by Gasteiger charge is 2.23. The summed E-state index contributed by atoms with van der Waals surface area (Å²) in [7, 11) is 0. The van der Waals surface area contributed by atoms with Crippen LogP contribution in [-0.2, 0) is 6.54 Å². The van der Waals surface area contributed by atoms with Crippen molar-refractivity contribution in [2.24, 2.45) is 0 Å². The second-order valence-electron chi connectivity index (χ2n) is 6.33. The van der Waals surface area contributed by atoms with Gasteiger partial charge in [0.25, 0.3) is 11.6 Å². The number of fused-ring (bicyclic) bond motifs is 1. The van der Waals surface area contributed by atoms with Crippen molar-refractivity contribution < 1.29 is 9.72 Å². The molecular formula is C21H15ClN4O3. The Hall–Kier alpha value is -3.71. The Morgan fingerprint density at radius 1 is 1.10 bits per heavy atom. The van der Waals surface area contributed by atoms with Gasteiger partial charge in [-0.25, -0.2) is 4.98 Å². The number of anilines is 1. The largest absolute Gasteiger partial charge is 0.302 e. The fourth-order valence-corrected chi connectivity index (χ4v) is 3.28. The molecule has 0 N–H and O–H groups in total. The normalized spacial score (nSPS) is 10.8. The Kier molecular flexibility index (Phi) is 4.97. The number of hydrogen-bond donors (Lipinski definition) is 0. The second-order valence-corrected chi connectivity index (χ2v) is 6.74. The second kappa shape index (κ2) is 7.73. The molecule has 4 aromatic rings. The van der Waals surface area contributed by atoms with Gasteiger partial charge in [0.1, 0.15) is 10.7 Å². The molecule has 144 valence electrons. The maximum absolute atomic E-state index is 13.3. The van der Waals surface area contributed by atoms with Crippen LogP contribution >= 0.6 is 11.6 Å². The van der Waals surface area contributed by atoms with Gasteiger partial charge < -0.3 is 9.30 Å². The lowest BCUT2D eigenvalue weighted by Crippen LogP contribution is -2.31. The summed E-state index contributed by atoms with van der Waals surface area (Å²) in [5.41, 5.74) is 2.12. The molecule has 0 aliphatic heterocycles. The van der Waals surface area contributed by atoms with Gasteiger partial charge in [0, 0.05) is 23.5 Å². The zero-order valence-corrected chi connectivity index (χ0v) is 15.9. The number of carbonyl (C=O) groups is 1. The minimum Gasteiger partial charge on any atom is -0.302 e. The number of rotatable bonds is 5. The van der Waals surface area contributed by atoms with Gasteiger partial charge in [0.2, 0.25) is 0 Å². The predicted octanol–water partition coefficient (Wildman–Crippen LogP) is 4.74. The number of imidazole rings is 1. The molecule has 2 heterocycles. The molecule has 0 aliphatic carbocycles. The summed E-state index contributed by atoms with van der Waals surface area (Å²) in [6.07, 6.45) is 3.58. The number of nitro groups is 1. The average molecular weight is 407 g/mol. The van der Waals surface area contributed by atoms with Gasteiger partial charge in [-0.05, 0) is 36.4 Å². The molecule has 0 atom stereocenters. The van der Waals surface area contributed by atoms with Gasteiger partial charge in [-0.1, -0.05) is 35.9 Å². The van der Waals surface area contributed by atoms with E-state index < -0.39 is 4.92 Å². The summed E-state index contributed by atoms with van der Waals surface area (Å²) in [5, 5.41) is 11.2. The SMILES string of the molecule is O=C(c1ccc(Cl)c([N+](=O)[O-])c1)N(Cc1cnc2ccccn12)c1ccccc1. The van der Waals surface area contributed by atoms with E-state index in [2.05, 4.69) is 4.98 Å². The highest BCUT2D eigenvalue weighted by Crippen LogP contribution is 2.27. The summed E-state index contributed by atoms with van der Waals surface area (Å²) < 4.78 is 1.90. The van der Waals surface area contributed by atoms with Crippen LogP contribution in [0.4, 0.5) is 11.4 Å². The van der Waals surface area contributed by atoms with E-state index in [9.17, 15) is 14.9 Å². The Morgan fingerprint density at radius 2 is 1.86 bits per heavy atom. The number of para-hydroxylation sites is 1.